The highest BCUT2D eigenvalue weighted by Gasteiger charge is 2.46. The standard InChI is InChI=1S/C26H29F3N2O2S/c1-30(2)16-14-23(20-8-10-21(11-9-20)26(27,28)29)33-22-12-6-19(7-13-22)5-3-4-15-31-17-18-32-25-24(31)34-25/h6-13,23-25H,4,14-18H2,1-2H3. The van der Waals surface area contributed by atoms with Crippen molar-refractivity contribution in [2.75, 3.05) is 40.3 Å². The maximum Gasteiger partial charge on any atom is 0.416 e. The zero-order valence-corrected chi connectivity index (χ0v) is 20.2. The second kappa shape index (κ2) is 11.0. The van der Waals surface area contributed by atoms with Gasteiger partial charge in [-0.1, -0.05) is 24.0 Å². The third-order valence-electron chi connectivity index (χ3n) is 5.79. The molecule has 0 radical (unpaired) electrons. The largest absolute Gasteiger partial charge is 0.486 e. The van der Waals surface area contributed by atoms with Gasteiger partial charge < -0.3 is 14.4 Å². The van der Waals surface area contributed by atoms with Crippen molar-refractivity contribution in [3.8, 4) is 17.6 Å². The first-order chi connectivity index (χ1) is 16.3. The zero-order valence-electron chi connectivity index (χ0n) is 19.3. The Bertz CT molecular complexity index is 1000. The molecule has 2 saturated heterocycles. The number of thioether (sulfide) groups is 1. The molecule has 2 aromatic rings. The molecule has 4 rings (SSSR count). The third kappa shape index (κ3) is 6.92. The molecule has 2 aliphatic heterocycles. The number of hydrogen-bond acceptors (Lipinski definition) is 5. The van der Waals surface area contributed by atoms with Crippen LogP contribution in [0.1, 0.15) is 35.6 Å². The van der Waals surface area contributed by atoms with Crippen LogP contribution >= 0.6 is 11.8 Å². The fraction of sp³-hybridized carbons (Fsp3) is 0.462. The van der Waals surface area contributed by atoms with Gasteiger partial charge in [0.1, 0.15) is 17.3 Å². The Morgan fingerprint density at radius 3 is 2.56 bits per heavy atom. The molecule has 2 aromatic carbocycles. The lowest BCUT2D eigenvalue weighted by molar-refractivity contribution is -0.137. The van der Waals surface area contributed by atoms with E-state index in [9.17, 15) is 13.2 Å². The van der Waals surface area contributed by atoms with Crippen LogP contribution in [-0.2, 0) is 10.9 Å². The molecule has 0 aromatic heterocycles. The molecule has 8 heteroatoms. The van der Waals surface area contributed by atoms with Crippen LogP contribution in [0.25, 0.3) is 0 Å². The van der Waals surface area contributed by atoms with Gasteiger partial charge in [0.2, 0.25) is 0 Å². The number of halogens is 3. The van der Waals surface area contributed by atoms with Gasteiger partial charge in [-0.05, 0) is 56.1 Å². The Kier molecular flexibility index (Phi) is 8.10. The van der Waals surface area contributed by atoms with Crippen LogP contribution in [0.2, 0.25) is 0 Å². The first-order valence-corrected chi connectivity index (χ1v) is 12.3. The number of ether oxygens (including phenoxy) is 2. The molecular weight excluding hydrogens is 461 g/mol. The predicted octanol–water partition coefficient (Wildman–Crippen LogP) is 5.25. The van der Waals surface area contributed by atoms with Crippen molar-refractivity contribution in [2.45, 2.75) is 35.9 Å². The van der Waals surface area contributed by atoms with Gasteiger partial charge in [0.05, 0.1) is 17.5 Å². The first kappa shape index (κ1) is 24.9. The number of nitrogens with zero attached hydrogens (tertiary/aromatic N) is 2. The van der Waals surface area contributed by atoms with Crippen molar-refractivity contribution in [3.05, 3.63) is 65.2 Å². The monoisotopic (exact) mass is 490 g/mol. The van der Waals surface area contributed by atoms with E-state index in [0.717, 1.165) is 55.9 Å². The predicted molar refractivity (Wildman–Crippen MR) is 129 cm³/mol. The summed E-state index contributed by atoms with van der Waals surface area (Å²) in [5, 5.41) is 0.511. The molecule has 2 aliphatic rings. The third-order valence-corrected chi connectivity index (χ3v) is 6.96. The SMILES string of the molecule is CN(C)CCC(Oc1ccc(C#CCCN2CCOC3SC32)cc1)c1ccc(C(F)(F)F)cc1. The summed E-state index contributed by atoms with van der Waals surface area (Å²) in [5.41, 5.74) is 1.33. The maximum absolute atomic E-state index is 12.9. The van der Waals surface area contributed by atoms with Crippen molar-refractivity contribution in [1.82, 2.24) is 9.80 Å². The molecule has 3 unspecified atom stereocenters. The average Bonchev–Trinajstić information content (AvgIpc) is 3.60. The van der Waals surface area contributed by atoms with E-state index in [-0.39, 0.29) is 6.10 Å². The van der Waals surface area contributed by atoms with E-state index in [1.165, 1.54) is 12.1 Å². The van der Waals surface area contributed by atoms with Crippen LogP contribution in [-0.4, -0.2) is 60.9 Å². The smallest absolute Gasteiger partial charge is 0.416 e. The van der Waals surface area contributed by atoms with Gasteiger partial charge in [-0.2, -0.15) is 13.2 Å². The van der Waals surface area contributed by atoms with E-state index in [2.05, 4.69) is 16.7 Å². The number of fused-ring (bicyclic) bond motifs is 1. The molecule has 0 spiro atoms. The van der Waals surface area contributed by atoms with Gasteiger partial charge in [-0.15, -0.1) is 11.8 Å². The molecule has 0 N–H and O–H groups in total. The molecular formula is C26H29F3N2O2S. The highest BCUT2D eigenvalue weighted by molar-refractivity contribution is 8.07. The van der Waals surface area contributed by atoms with Crippen LogP contribution in [0.15, 0.2) is 48.5 Å². The molecule has 34 heavy (non-hydrogen) atoms. The first-order valence-electron chi connectivity index (χ1n) is 11.4. The second-order valence-electron chi connectivity index (χ2n) is 8.70. The van der Waals surface area contributed by atoms with E-state index in [1.54, 1.807) is 0 Å². The van der Waals surface area contributed by atoms with Gasteiger partial charge in [-0.25, -0.2) is 0 Å². The Balaban J connectivity index is 1.35. The summed E-state index contributed by atoms with van der Waals surface area (Å²) in [7, 11) is 3.91. The van der Waals surface area contributed by atoms with Crippen LogP contribution < -0.4 is 4.74 Å². The topological polar surface area (TPSA) is 24.9 Å². The van der Waals surface area contributed by atoms with Crippen LogP contribution in [0, 0.1) is 11.8 Å². The molecule has 0 aliphatic carbocycles. The molecule has 4 nitrogen and oxygen atoms in total. The number of hydrogen-bond donors (Lipinski definition) is 0. The summed E-state index contributed by atoms with van der Waals surface area (Å²) >= 11 is 1.86. The number of alkyl halides is 3. The van der Waals surface area contributed by atoms with E-state index in [4.69, 9.17) is 9.47 Å². The van der Waals surface area contributed by atoms with Crippen molar-refractivity contribution in [2.24, 2.45) is 0 Å². The van der Waals surface area contributed by atoms with Crippen LogP contribution in [0.4, 0.5) is 13.2 Å². The van der Waals surface area contributed by atoms with Gasteiger partial charge >= 0.3 is 6.18 Å². The Morgan fingerprint density at radius 2 is 1.88 bits per heavy atom. The average molecular weight is 491 g/mol. The lowest BCUT2D eigenvalue weighted by Gasteiger charge is -2.23. The number of benzene rings is 2. The van der Waals surface area contributed by atoms with Gasteiger partial charge in [-0.3, -0.25) is 4.90 Å². The molecule has 2 heterocycles. The molecule has 0 amide bonds. The minimum atomic E-state index is -4.35. The summed E-state index contributed by atoms with van der Waals surface area (Å²) < 4.78 is 50.6. The van der Waals surface area contributed by atoms with E-state index in [0.29, 0.717) is 23.0 Å². The summed E-state index contributed by atoms with van der Waals surface area (Å²) in [5.74, 6) is 7.11. The summed E-state index contributed by atoms with van der Waals surface area (Å²) in [4.78, 5) is 4.46. The molecule has 3 atom stereocenters. The summed E-state index contributed by atoms with van der Waals surface area (Å²) in [6.07, 6.45) is -3.24. The van der Waals surface area contributed by atoms with E-state index < -0.39 is 11.7 Å². The van der Waals surface area contributed by atoms with Crippen molar-refractivity contribution < 1.29 is 22.6 Å². The summed E-state index contributed by atoms with van der Waals surface area (Å²) in [6.45, 7) is 3.46. The van der Waals surface area contributed by atoms with Gasteiger partial charge in [0.15, 0.2) is 0 Å². The maximum atomic E-state index is 12.9. The number of morpholine rings is 1. The Labute approximate surface area is 203 Å². The summed E-state index contributed by atoms with van der Waals surface area (Å²) in [6, 6.07) is 12.8. The van der Waals surface area contributed by atoms with Crippen molar-refractivity contribution >= 4 is 11.8 Å². The molecule has 182 valence electrons. The van der Waals surface area contributed by atoms with Crippen LogP contribution in [0.5, 0.6) is 5.75 Å². The highest BCUT2D eigenvalue weighted by atomic mass is 32.2. The lowest BCUT2D eigenvalue weighted by Crippen LogP contribution is -2.37. The fourth-order valence-corrected chi connectivity index (χ4v) is 4.82. The van der Waals surface area contributed by atoms with Crippen molar-refractivity contribution in [3.63, 3.8) is 0 Å². The van der Waals surface area contributed by atoms with Crippen molar-refractivity contribution in [1.29, 1.82) is 0 Å². The Morgan fingerprint density at radius 1 is 1.15 bits per heavy atom. The molecule has 2 fully saturated rings. The molecule has 0 bridgehead atoms. The highest BCUT2D eigenvalue weighted by Crippen LogP contribution is 2.46. The normalized spacial score (nSPS) is 20.9. The lowest BCUT2D eigenvalue weighted by atomic mass is 10.0. The second-order valence-corrected chi connectivity index (χ2v) is 9.92. The quantitative estimate of drug-likeness (QED) is 0.372. The minimum Gasteiger partial charge on any atom is -0.486 e. The van der Waals surface area contributed by atoms with E-state index in [1.807, 2.05) is 55.0 Å². The van der Waals surface area contributed by atoms with Crippen LogP contribution in [0.3, 0.4) is 0 Å². The minimum absolute atomic E-state index is 0.348. The van der Waals surface area contributed by atoms with Gasteiger partial charge in [0.25, 0.3) is 0 Å². The molecule has 0 saturated carbocycles. The number of rotatable bonds is 8. The fourth-order valence-electron chi connectivity index (χ4n) is 3.83. The zero-order chi connectivity index (χ0) is 24.1. The van der Waals surface area contributed by atoms with E-state index >= 15 is 0 Å². The van der Waals surface area contributed by atoms with Gasteiger partial charge in [0, 0.05) is 38.0 Å². The Hall–Kier alpha value is -2.18.